The third-order valence-electron chi connectivity index (χ3n) is 5.26. The molecule has 0 fully saturated rings. The average Bonchev–Trinajstić information content (AvgIpc) is 3.31. The summed E-state index contributed by atoms with van der Waals surface area (Å²) in [6.07, 6.45) is 0.899. The van der Waals surface area contributed by atoms with Crippen LogP contribution in [0, 0.1) is 0 Å². The first-order chi connectivity index (χ1) is 15.0. The number of aromatic nitrogens is 2. The zero-order chi connectivity index (χ0) is 22.0. The predicted molar refractivity (Wildman–Crippen MR) is 118 cm³/mol. The zero-order valence-electron chi connectivity index (χ0n) is 17.4. The van der Waals surface area contributed by atoms with Gasteiger partial charge in [-0.05, 0) is 42.3 Å². The number of aromatic amines is 1. The number of amides is 1. The fourth-order valence-corrected chi connectivity index (χ4v) is 4.03. The quantitative estimate of drug-likeness (QED) is 0.540. The van der Waals surface area contributed by atoms with Gasteiger partial charge in [0.25, 0.3) is 5.91 Å². The number of ether oxygens (including phenoxy) is 2. The van der Waals surface area contributed by atoms with E-state index < -0.39 is 6.04 Å². The van der Waals surface area contributed by atoms with Crippen molar-refractivity contribution < 1.29 is 19.4 Å². The molecule has 2 aromatic carbocycles. The molecule has 0 radical (unpaired) electrons. The van der Waals surface area contributed by atoms with Gasteiger partial charge in [-0.15, -0.1) is 0 Å². The Morgan fingerprint density at radius 2 is 2.06 bits per heavy atom. The van der Waals surface area contributed by atoms with E-state index in [1.807, 2.05) is 31.2 Å². The number of rotatable bonds is 8. The third kappa shape index (κ3) is 3.98. The van der Waals surface area contributed by atoms with Gasteiger partial charge in [0.15, 0.2) is 0 Å². The van der Waals surface area contributed by atoms with E-state index >= 15 is 0 Å². The summed E-state index contributed by atoms with van der Waals surface area (Å²) in [6.45, 7) is 3.46. The van der Waals surface area contributed by atoms with Gasteiger partial charge in [0, 0.05) is 29.8 Å². The molecule has 0 saturated carbocycles. The Bertz CT molecular complexity index is 1100. The standard InChI is InChI=1S/C23H24ClN3O4/c1-3-10-31-16-6-4-5-14(12-16)22-19-20(17-13-15(24)7-8-18(17)28)25-26-21(19)23(29)27(22)9-11-30-2/h4-8,12-13,22,28H,3,9-11H2,1-2H3,(H,25,26). The fourth-order valence-electron chi connectivity index (χ4n) is 3.86. The van der Waals surface area contributed by atoms with Gasteiger partial charge in [0.05, 0.1) is 19.3 Å². The van der Waals surface area contributed by atoms with Crippen molar-refractivity contribution in [3.05, 3.63) is 64.3 Å². The van der Waals surface area contributed by atoms with Crippen LogP contribution >= 0.6 is 11.6 Å². The highest BCUT2D eigenvalue weighted by molar-refractivity contribution is 6.31. The summed E-state index contributed by atoms with van der Waals surface area (Å²) >= 11 is 6.17. The SMILES string of the molecule is CCCOc1cccc(C2c3c(-c4cc(Cl)ccc4O)n[nH]c3C(=O)N2CCOC)c1. The number of fused-ring (bicyclic) bond motifs is 1. The number of nitrogens with zero attached hydrogens (tertiary/aromatic N) is 2. The van der Waals surface area contributed by atoms with Crippen LogP contribution < -0.4 is 4.74 Å². The first-order valence-electron chi connectivity index (χ1n) is 10.1. The number of methoxy groups -OCH3 is 1. The van der Waals surface area contributed by atoms with Gasteiger partial charge in [-0.2, -0.15) is 5.10 Å². The van der Waals surface area contributed by atoms with Gasteiger partial charge < -0.3 is 19.5 Å². The lowest BCUT2D eigenvalue weighted by molar-refractivity contribution is 0.0677. The maximum Gasteiger partial charge on any atom is 0.273 e. The fraction of sp³-hybridized carbons (Fsp3) is 0.304. The maximum absolute atomic E-state index is 13.2. The first kappa shape index (κ1) is 21.2. The number of carbonyl (C=O) groups excluding carboxylic acids is 1. The molecular weight excluding hydrogens is 418 g/mol. The summed E-state index contributed by atoms with van der Waals surface area (Å²) in [6, 6.07) is 12.1. The van der Waals surface area contributed by atoms with Crippen LogP contribution in [-0.4, -0.2) is 53.0 Å². The Morgan fingerprint density at radius 1 is 1.23 bits per heavy atom. The molecule has 1 aromatic heterocycles. The van der Waals surface area contributed by atoms with E-state index in [0.29, 0.717) is 47.3 Å². The molecule has 1 aliphatic rings. The summed E-state index contributed by atoms with van der Waals surface area (Å²) in [7, 11) is 1.60. The monoisotopic (exact) mass is 441 g/mol. The molecule has 0 aliphatic carbocycles. The number of hydrogen-bond donors (Lipinski definition) is 2. The molecule has 4 rings (SSSR count). The van der Waals surface area contributed by atoms with E-state index in [9.17, 15) is 9.90 Å². The molecule has 7 nitrogen and oxygen atoms in total. The molecule has 1 unspecified atom stereocenters. The van der Waals surface area contributed by atoms with E-state index in [2.05, 4.69) is 10.2 Å². The molecule has 2 heterocycles. The molecule has 31 heavy (non-hydrogen) atoms. The first-order valence-corrected chi connectivity index (χ1v) is 10.5. The zero-order valence-corrected chi connectivity index (χ0v) is 18.1. The molecule has 2 N–H and O–H groups in total. The number of phenols is 1. The van der Waals surface area contributed by atoms with Gasteiger partial charge in [0.2, 0.25) is 0 Å². The highest BCUT2D eigenvalue weighted by Gasteiger charge is 2.42. The average molecular weight is 442 g/mol. The molecule has 0 saturated heterocycles. The van der Waals surface area contributed by atoms with Crippen molar-refractivity contribution in [2.75, 3.05) is 26.9 Å². The number of nitrogens with one attached hydrogen (secondary N) is 1. The largest absolute Gasteiger partial charge is 0.507 e. The van der Waals surface area contributed by atoms with Crippen LogP contribution in [0.4, 0.5) is 0 Å². The van der Waals surface area contributed by atoms with Gasteiger partial charge in [0.1, 0.15) is 22.9 Å². The molecule has 3 aromatic rings. The number of aromatic hydroxyl groups is 1. The minimum atomic E-state index is -0.407. The third-order valence-corrected chi connectivity index (χ3v) is 5.50. The van der Waals surface area contributed by atoms with Crippen LogP contribution in [0.15, 0.2) is 42.5 Å². The molecular formula is C23H24ClN3O4. The van der Waals surface area contributed by atoms with Crippen molar-refractivity contribution in [3.8, 4) is 22.8 Å². The van der Waals surface area contributed by atoms with E-state index in [-0.39, 0.29) is 11.7 Å². The second-order valence-corrected chi connectivity index (χ2v) is 7.77. The number of halogens is 1. The number of benzene rings is 2. The van der Waals surface area contributed by atoms with E-state index in [4.69, 9.17) is 21.1 Å². The van der Waals surface area contributed by atoms with Crippen molar-refractivity contribution in [2.45, 2.75) is 19.4 Å². The summed E-state index contributed by atoms with van der Waals surface area (Å²) in [5.74, 6) is 0.611. The number of hydrogen-bond acceptors (Lipinski definition) is 5. The maximum atomic E-state index is 13.2. The Morgan fingerprint density at radius 3 is 2.84 bits per heavy atom. The van der Waals surface area contributed by atoms with E-state index in [0.717, 1.165) is 17.7 Å². The number of carbonyl (C=O) groups is 1. The lowest BCUT2D eigenvalue weighted by atomic mass is 9.95. The Hall–Kier alpha value is -3.03. The highest BCUT2D eigenvalue weighted by atomic mass is 35.5. The lowest BCUT2D eigenvalue weighted by Gasteiger charge is -2.26. The van der Waals surface area contributed by atoms with Crippen molar-refractivity contribution in [2.24, 2.45) is 0 Å². The van der Waals surface area contributed by atoms with E-state index in [1.54, 1.807) is 24.1 Å². The Balaban J connectivity index is 1.85. The molecule has 0 bridgehead atoms. The Labute approximate surface area is 185 Å². The number of phenolic OH excluding ortho intramolecular Hbond substituents is 1. The van der Waals surface area contributed by atoms with Gasteiger partial charge in [-0.1, -0.05) is 30.7 Å². The van der Waals surface area contributed by atoms with Crippen molar-refractivity contribution in [1.82, 2.24) is 15.1 Å². The van der Waals surface area contributed by atoms with Crippen LogP contribution in [0.2, 0.25) is 5.02 Å². The van der Waals surface area contributed by atoms with Crippen molar-refractivity contribution in [1.29, 1.82) is 0 Å². The van der Waals surface area contributed by atoms with Crippen LogP contribution in [0.1, 0.15) is 41.0 Å². The Kier molecular flexibility index (Phi) is 6.15. The van der Waals surface area contributed by atoms with Crippen LogP contribution in [0.25, 0.3) is 11.3 Å². The van der Waals surface area contributed by atoms with E-state index in [1.165, 1.54) is 6.07 Å². The second kappa shape index (κ2) is 8.99. The van der Waals surface area contributed by atoms with Crippen LogP contribution in [0.5, 0.6) is 11.5 Å². The van der Waals surface area contributed by atoms with Gasteiger partial charge in [-0.25, -0.2) is 0 Å². The topological polar surface area (TPSA) is 87.7 Å². The minimum absolute atomic E-state index is 0.0419. The summed E-state index contributed by atoms with van der Waals surface area (Å²) in [5.41, 5.74) is 2.95. The summed E-state index contributed by atoms with van der Waals surface area (Å²) in [4.78, 5) is 15.0. The molecule has 1 atom stereocenters. The normalized spacial score (nSPS) is 15.4. The second-order valence-electron chi connectivity index (χ2n) is 7.34. The van der Waals surface area contributed by atoms with Gasteiger partial charge in [-0.3, -0.25) is 9.89 Å². The summed E-state index contributed by atoms with van der Waals surface area (Å²) in [5, 5.41) is 18.2. The van der Waals surface area contributed by atoms with Crippen molar-refractivity contribution >= 4 is 17.5 Å². The molecule has 162 valence electrons. The van der Waals surface area contributed by atoms with Crippen LogP contribution in [0.3, 0.4) is 0 Å². The minimum Gasteiger partial charge on any atom is -0.507 e. The molecule has 1 aliphatic heterocycles. The molecule has 1 amide bonds. The number of H-pyrrole nitrogens is 1. The highest BCUT2D eigenvalue weighted by Crippen LogP contribution is 2.45. The van der Waals surface area contributed by atoms with Crippen molar-refractivity contribution in [3.63, 3.8) is 0 Å². The predicted octanol–water partition coefficient (Wildman–Crippen LogP) is 4.42. The summed E-state index contributed by atoms with van der Waals surface area (Å²) < 4.78 is 11.0. The smallest absolute Gasteiger partial charge is 0.273 e. The molecule has 8 heteroatoms. The van der Waals surface area contributed by atoms with Gasteiger partial charge >= 0.3 is 0 Å². The molecule has 0 spiro atoms. The van der Waals surface area contributed by atoms with Crippen LogP contribution in [-0.2, 0) is 4.74 Å². The lowest BCUT2D eigenvalue weighted by Crippen LogP contribution is -2.32.